The molecule has 0 unspecified atom stereocenters. The van der Waals surface area contributed by atoms with Gasteiger partial charge in [-0.15, -0.1) is 0 Å². The van der Waals surface area contributed by atoms with Crippen LogP contribution in [0, 0.1) is 10.5 Å². The summed E-state index contributed by atoms with van der Waals surface area (Å²) >= 11 is 20.3. The molecule has 0 saturated carbocycles. The van der Waals surface area contributed by atoms with Crippen LogP contribution in [0.4, 0.5) is 5.69 Å². The number of rotatable bonds is 9. The van der Waals surface area contributed by atoms with Crippen molar-refractivity contribution in [1.82, 2.24) is 5.43 Å². The maximum atomic E-state index is 12.1. The zero-order chi connectivity index (χ0) is 26.2. The average molecular weight is 661 g/mol. The number of hydrazone groups is 1. The molecule has 11 heteroatoms. The van der Waals surface area contributed by atoms with E-state index in [-0.39, 0.29) is 6.61 Å². The molecular formula is C25H21Cl3IN3O4. The molecule has 3 aromatic carbocycles. The minimum absolute atomic E-state index is 0.225. The number of amides is 2. The number of ether oxygens (including phenoxy) is 2. The zero-order valence-electron chi connectivity index (χ0n) is 19.2. The van der Waals surface area contributed by atoms with Gasteiger partial charge in [0.2, 0.25) is 11.8 Å². The van der Waals surface area contributed by atoms with Crippen LogP contribution in [-0.2, 0) is 16.2 Å². The normalized spacial score (nSPS) is 10.8. The van der Waals surface area contributed by atoms with E-state index in [1.54, 1.807) is 42.5 Å². The Labute approximate surface area is 237 Å². The second-order valence-electron chi connectivity index (χ2n) is 7.54. The van der Waals surface area contributed by atoms with Crippen molar-refractivity contribution in [3.63, 3.8) is 0 Å². The van der Waals surface area contributed by atoms with E-state index in [2.05, 4.69) is 38.4 Å². The summed E-state index contributed by atoms with van der Waals surface area (Å²) in [6, 6.07) is 13.8. The van der Waals surface area contributed by atoms with Crippen LogP contribution < -0.4 is 20.2 Å². The quantitative estimate of drug-likeness (QED) is 0.117. The van der Waals surface area contributed by atoms with Gasteiger partial charge in [-0.1, -0.05) is 46.9 Å². The van der Waals surface area contributed by atoms with E-state index < -0.39 is 18.2 Å². The van der Waals surface area contributed by atoms with Gasteiger partial charge in [0.05, 0.1) is 16.9 Å². The molecule has 0 radical (unpaired) electrons. The van der Waals surface area contributed by atoms with Gasteiger partial charge in [0.1, 0.15) is 13.0 Å². The van der Waals surface area contributed by atoms with Crippen molar-refractivity contribution in [2.45, 2.75) is 20.0 Å². The lowest BCUT2D eigenvalue weighted by Gasteiger charge is -2.14. The number of aryl methyl sites for hydroxylation is 1. The summed E-state index contributed by atoms with van der Waals surface area (Å²) in [4.78, 5) is 24.2. The van der Waals surface area contributed by atoms with Crippen LogP contribution in [0.25, 0.3) is 0 Å². The number of carbonyl (C=O) groups excluding carboxylic acids is 2. The second kappa shape index (κ2) is 13.1. The molecule has 0 atom stereocenters. The molecule has 0 heterocycles. The molecule has 0 aliphatic rings. The fourth-order valence-electron chi connectivity index (χ4n) is 2.98. The minimum atomic E-state index is -0.566. The van der Waals surface area contributed by atoms with Gasteiger partial charge in [-0.25, -0.2) is 5.43 Å². The predicted octanol–water partition coefficient (Wildman–Crippen LogP) is 6.63. The third-order valence-electron chi connectivity index (χ3n) is 4.82. The number of nitrogens with one attached hydrogen (secondary N) is 2. The van der Waals surface area contributed by atoms with Gasteiger partial charge in [-0.3, -0.25) is 9.59 Å². The Balaban J connectivity index is 1.58. The van der Waals surface area contributed by atoms with Crippen LogP contribution in [0.5, 0.6) is 11.5 Å². The van der Waals surface area contributed by atoms with Crippen LogP contribution in [-0.4, -0.2) is 25.1 Å². The standard InChI is InChI=1S/C25H21Cl3IN3O4/c1-14-3-6-18(10-19(14)27)31-23(33)11-24(34)32-30-12-15-7-21(29)25(22(8-15)35-2)36-13-16-4-5-17(26)9-20(16)28/h3-10,12H,11,13H2,1-2H3,(H,31,33)(H,32,34). The minimum Gasteiger partial charge on any atom is -0.493 e. The van der Waals surface area contributed by atoms with Crippen molar-refractivity contribution < 1.29 is 19.1 Å². The van der Waals surface area contributed by atoms with E-state index >= 15 is 0 Å². The summed E-state index contributed by atoms with van der Waals surface area (Å²) in [7, 11) is 1.52. The van der Waals surface area contributed by atoms with Gasteiger partial charge in [0.25, 0.3) is 0 Å². The van der Waals surface area contributed by atoms with E-state index in [4.69, 9.17) is 44.3 Å². The molecule has 0 fully saturated rings. The Morgan fingerprint density at radius 2 is 1.81 bits per heavy atom. The first kappa shape index (κ1) is 28.0. The maximum Gasteiger partial charge on any atom is 0.249 e. The summed E-state index contributed by atoms with van der Waals surface area (Å²) in [5.74, 6) is -0.0290. The lowest BCUT2D eigenvalue weighted by molar-refractivity contribution is -0.126. The molecular weight excluding hydrogens is 640 g/mol. The van der Waals surface area contributed by atoms with Crippen LogP contribution in [0.2, 0.25) is 15.1 Å². The fraction of sp³-hybridized carbons (Fsp3) is 0.160. The van der Waals surface area contributed by atoms with Gasteiger partial charge in [-0.05, 0) is 77.0 Å². The highest BCUT2D eigenvalue weighted by Gasteiger charge is 2.13. The molecule has 0 spiro atoms. The summed E-state index contributed by atoms with van der Waals surface area (Å²) < 4.78 is 12.2. The smallest absolute Gasteiger partial charge is 0.249 e. The van der Waals surface area contributed by atoms with Gasteiger partial charge < -0.3 is 14.8 Å². The molecule has 7 nitrogen and oxygen atoms in total. The van der Waals surface area contributed by atoms with Gasteiger partial charge >= 0.3 is 0 Å². The molecule has 0 saturated heterocycles. The first-order valence-corrected chi connectivity index (χ1v) is 12.7. The Bertz CT molecular complexity index is 1320. The van der Waals surface area contributed by atoms with Crippen LogP contribution in [0.1, 0.15) is 23.1 Å². The zero-order valence-corrected chi connectivity index (χ0v) is 23.6. The molecule has 0 bridgehead atoms. The number of carbonyl (C=O) groups is 2. The molecule has 3 rings (SSSR count). The largest absolute Gasteiger partial charge is 0.493 e. The van der Waals surface area contributed by atoms with E-state index in [1.807, 2.05) is 13.0 Å². The highest BCUT2D eigenvalue weighted by atomic mass is 127. The van der Waals surface area contributed by atoms with E-state index in [0.29, 0.717) is 37.8 Å². The molecule has 188 valence electrons. The Hall–Kier alpha value is -2.53. The first-order valence-electron chi connectivity index (χ1n) is 10.5. The second-order valence-corrected chi connectivity index (χ2v) is 9.95. The van der Waals surface area contributed by atoms with Crippen molar-refractivity contribution in [3.05, 3.63) is 83.9 Å². The molecule has 2 N–H and O–H groups in total. The summed E-state index contributed by atoms with van der Waals surface area (Å²) in [5.41, 5.74) is 5.18. The molecule has 3 aromatic rings. The molecule has 36 heavy (non-hydrogen) atoms. The molecule has 0 aliphatic heterocycles. The number of nitrogens with zero attached hydrogens (tertiary/aromatic N) is 1. The van der Waals surface area contributed by atoms with E-state index in [1.165, 1.54) is 13.3 Å². The topological polar surface area (TPSA) is 89.0 Å². The highest BCUT2D eigenvalue weighted by molar-refractivity contribution is 14.1. The molecule has 0 aliphatic carbocycles. The predicted molar refractivity (Wildman–Crippen MR) is 152 cm³/mol. The number of hydrogen-bond acceptors (Lipinski definition) is 5. The van der Waals surface area contributed by atoms with Crippen molar-refractivity contribution in [1.29, 1.82) is 0 Å². The SMILES string of the molecule is COc1cc(C=NNC(=O)CC(=O)Nc2ccc(C)c(Cl)c2)cc(I)c1OCc1ccc(Cl)cc1Cl. The van der Waals surface area contributed by atoms with E-state index in [9.17, 15) is 9.59 Å². The number of methoxy groups -OCH3 is 1. The average Bonchev–Trinajstić information content (AvgIpc) is 2.81. The Morgan fingerprint density at radius 3 is 2.50 bits per heavy atom. The Morgan fingerprint density at radius 1 is 1.03 bits per heavy atom. The van der Waals surface area contributed by atoms with Crippen LogP contribution in [0.15, 0.2) is 53.6 Å². The highest BCUT2D eigenvalue weighted by Crippen LogP contribution is 2.35. The molecule has 0 aromatic heterocycles. The van der Waals surface area contributed by atoms with E-state index in [0.717, 1.165) is 14.7 Å². The van der Waals surface area contributed by atoms with Crippen molar-refractivity contribution in [2.24, 2.45) is 5.10 Å². The summed E-state index contributed by atoms with van der Waals surface area (Å²) in [6.07, 6.45) is 1.05. The summed E-state index contributed by atoms with van der Waals surface area (Å²) in [6.45, 7) is 2.08. The molecule has 2 amide bonds. The third kappa shape index (κ3) is 7.99. The number of hydrogen-bond donors (Lipinski definition) is 2. The fourth-order valence-corrected chi connectivity index (χ4v) is 4.41. The van der Waals surface area contributed by atoms with Gasteiger partial charge in [0, 0.05) is 26.3 Å². The number of halogens is 4. The lowest BCUT2D eigenvalue weighted by atomic mass is 10.2. The first-order chi connectivity index (χ1) is 17.2. The number of benzene rings is 3. The lowest BCUT2D eigenvalue weighted by Crippen LogP contribution is -2.24. The monoisotopic (exact) mass is 659 g/mol. The van der Waals surface area contributed by atoms with Gasteiger partial charge in [-0.2, -0.15) is 5.10 Å². The Kier molecular flexibility index (Phi) is 10.2. The number of anilines is 1. The summed E-state index contributed by atoms with van der Waals surface area (Å²) in [5, 5.41) is 8.13. The van der Waals surface area contributed by atoms with Crippen molar-refractivity contribution >= 4 is 81.1 Å². The van der Waals surface area contributed by atoms with Crippen LogP contribution >= 0.6 is 57.4 Å². The van der Waals surface area contributed by atoms with Crippen molar-refractivity contribution in [3.8, 4) is 11.5 Å². The van der Waals surface area contributed by atoms with Crippen LogP contribution in [0.3, 0.4) is 0 Å². The van der Waals surface area contributed by atoms with Crippen molar-refractivity contribution in [2.75, 3.05) is 12.4 Å². The maximum absolute atomic E-state index is 12.1. The third-order valence-corrected chi connectivity index (χ3v) is 6.61. The van der Waals surface area contributed by atoms with Gasteiger partial charge in [0.15, 0.2) is 11.5 Å².